The minimum atomic E-state index is -0.598. The minimum Gasteiger partial charge on any atom is -0.394 e. The van der Waals surface area contributed by atoms with E-state index in [9.17, 15) is 9.90 Å². The highest BCUT2D eigenvalue weighted by Crippen LogP contribution is 2.24. The zero-order valence-corrected chi connectivity index (χ0v) is 9.92. The fraction of sp³-hybridized carbons (Fsp3) is 0.909. The fourth-order valence-electron chi connectivity index (χ4n) is 1.94. The van der Waals surface area contributed by atoms with Crippen LogP contribution in [0.15, 0.2) is 0 Å². The maximum atomic E-state index is 12.0. The Hall–Kier alpha value is -0.610. The van der Waals surface area contributed by atoms with E-state index in [0.717, 1.165) is 19.4 Å². The summed E-state index contributed by atoms with van der Waals surface area (Å²) in [7, 11) is 0. The topological polar surface area (TPSA) is 66.6 Å². The van der Waals surface area contributed by atoms with E-state index in [1.54, 1.807) is 4.90 Å². The first-order valence-electron chi connectivity index (χ1n) is 5.48. The molecule has 4 heteroatoms. The van der Waals surface area contributed by atoms with E-state index in [2.05, 4.69) is 0 Å². The summed E-state index contributed by atoms with van der Waals surface area (Å²) in [4.78, 5) is 13.8. The van der Waals surface area contributed by atoms with Gasteiger partial charge in [-0.1, -0.05) is 20.8 Å². The Balaban J connectivity index is 2.69. The largest absolute Gasteiger partial charge is 0.394 e. The van der Waals surface area contributed by atoms with E-state index in [1.807, 2.05) is 20.8 Å². The molecule has 0 aromatic rings. The third kappa shape index (κ3) is 2.92. The number of carbonyl (C=O) groups is 1. The van der Waals surface area contributed by atoms with Crippen LogP contribution in [0.4, 0.5) is 0 Å². The molecule has 15 heavy (non-hydrogen) atoms. The summed E-state index contributed by atoms with van der Waals surface area (Å²) in [6, 6.07) is 0. The van der Waals surface area contributed by atoms with Gasteiger partial charge in [0.25, 0.3) is 0 Å². The second-order valence-corrected chi connectivity index (χ2v) is 5.60. The summed E-state index contributed by atoms with van der Waals surface area (Å²) < 4.78 is 0. The van der Waals surface area contributed by atoms with Crippen LogP contribution in [0.5, 0.6) is 0 Å². The predicted molar refractivity (Wildman–Crippen MR) is 59.3 cm³/mol. The smallest absolute Gasteiger partial charge is 0.228 e. The lowest BCUT2D eigenvalue weighted by Crippen LogP contribution is -2.59. The molecule has 0 aromatic carbocycles. The average Bonchev–Trinajstić information content (AvgIpc) is 2.15. The molecule has 1 aliphatic heterocycles. The van der Waals surface area contributed by atoms with Crippen LogP contribution in [0.3, 0.4) is 0 Å². The van der Waals surface area contributed by atoms with Crippen molar-refractivity contribution >= 4 is 5.91 Å². The molecule has 1 aliphatic rings. The first-order chi connectivity index (χ1) is 6.78. The van der Waals surface area contributed by atoms with Crippen molar-refractivity contribution in [1.82, 2.24) is 4.90 Å². The number of nitrogens with zero attached hydrogens (tertiary/aromatic N) is 1. The molecule has 0 saturated carbocycles. The normalized spacial score (nSPS) is 27.9. The molecule has 1 fully saturated rings. The van der Waals surface area contributed by atoms with Gasteiger partial charge in [-0.05, 0) is 12.8 Å². The number of nitrogens with two attached hydrogens (primary N) is 1. The van der Waals surface area contributed by atoms with Crippen molar-refractivity contribution < 1.29 is 9.90 Å². The number of aliphatic hydroxyl groups excluding tert-OH is 1. The molecule has 0 spiro atoms. The predicted octanol–water partition coefficient (Wildman–Crippen LogP) is 0.345. The Labute approximate surface area is 91.4 Å². The molecule has 1 heterocycles. The number of rotatable bonds is 1. The molecule has 3 N–H and O–H groups in total. The number of hydrogen-bond acceptors (Lipinski definition) is 3. The van der Waals surface area contributed by atoms with E-state index < -0.39 is 5.54 Å². The van der Waals surface area contributed by atoms with Crippen molar-refractivity contribution in [1.29, 1.82) is 0 Å². The van der Waals surface area contributed by atoms with Crippen LogP contribution in [-0.2, 0) is 4.79 Å². The number of likely N-dealkylation sites (tertiary alicyclic amines) is 1. The highest BCUT2D eigenvalue weighted by Gasteiger charge is 2.36. The van der Waals surface area contributed by atoms with Gasteiger partial charge in [0.1, 0.15) is 0 Å². The quantitative estimate of drug-likeness (QED) is 0.661. The van der Waals surface area contributed by atoms with E-state index in [1.165, 1.54) is 0 Å². The van der Waals surface area contributed by atoms with Gasteiger partial charge in [-0.15, -0.1) is 0 Å². The van der Waals surface area contributed by atoms with Crippen molar-refractivity contribution in [2.24, 2.45) is 11.1 Å². The van der Waals surface area contributed by atoms with E-state index >= 15 is 0 Å². The molecule has 0 radical (unpaired) electrons. The lowest BCUT2D eigenvalue weighted by Gasteiger charge is -2.41. The maximum Gasteiger partial charge on any atom is 0.228 e. The average molecular weight is 214 g/mol. The number of carbonyl (C=O) groups excluding carboxylic acids is 1. The first kappa shape index (κ1) is 12.5. The highest BCUT2D eigenvalue weighted by molar-refractivity contribution is 5.81. The van der Waals surface area contributed by atoms with Crippen molar-refractivity contribution in [3.05, 3.63) is 0 Å². The third-order valence-corrected chi connectivity index (χ3v) is 2.85. The summed E-state index contributed by atoms with van der Waals surface area (Å²) in [6.07, 6.45) is 1.66. The molecule has 1 unspecified atom stereocenters. The Kier molecular flexibility index (Phi) is 3.41. The second kappa shape index (κ2) is 4.10. The van der Waals surface area contributed by atoms with Crippen molar-refractivity contribution in [2.75, 3.05) is 19.7 Å². The van der Waals surface area contributed by atoms with Gasteiger partial charge < -0.3 is 15.7 Å². The molecule has 0 aromatic heterocycles. The lowest BCUT2D eigenvalue weighted by atomic mass is 9.88. The summed E-state index contributed by atoms with van der Waals surface area (Å²) in [5, 5.41) is 9.19. The number of aliphatic hydroxyl groups is 1. The van der Waals surface area contributed by atoms with Crippen LogP contribution in [-0.4, -0.2) is 41.1 Å². The Bertz CT molecular complexity index is 247. The van der Waals surface area contributed by atoms with Crippen LogP contribution in [0, 0.1) is 5.41 Å². The van der Waals surface area contributed by atoms with Gasteiger partial charge >= 0.3 is 0 Å². The summed E-state index contributed by atoms with van der Waals surface area (Å²) in [6.45, 7) is 6.89. The number of hydrogen-bond donors (Lipinski definition) is 2. The first-order valence-corrected chi connectivity index (χ1v) is 5.48. The zero-order chi connectivity index (χ0) is 11.7. The van der Waals surface area contributed by atoms with Gasteiger partial charge in [-0.2, -0.15) is 0 Å². The maximum absolute atomic E-state index is 12.0. The van der Waals surface area contributed by atoms with Gasteiger partial charge in [-0.3, -0.25) is 4.79 Å². The molecule has 0 bridgehead atoms. The van der Waals surface area contributed by atoms with Crippen molar-refractivity contribution in [3.63, 3.8) is 0 Å². The van der Waals surface area contributed by atoms with E-state index in [4.69, 9.17) is 5.73 Å². The molecule has 88 valence electrons. The Morgan fingerprint density at radius 2 is 2.13 bits per heavy atom. The van der Waals surface area contributed by atoms with Crippen LogP contribution in [0.25, 0.3) is 0 Å². The summed E-state index contributed by atoms with van der Waals surface area (Å²) in [5.74, 6) is 0.116. The van der Waals surface area contributed by atoms with E-state index in [0.29, 0.717) is 6.54 Å². The lowest BCUT2D eigenvalue weighted by molar-refractivity contribution is -0.142. The monoisotopic (exact) mass is 214 g/mol. The van der Waals surface area contributed by atoms with Crippen LogP contribution in [0.2, 0.25) is 0 Å². The Morgan fingerprint density at radius 1 is 1.53 bits per heavy atom. The molecule has 1 amide bonds. The number of piperidine rings is 1. The molecule has 1 atom stereocenters. The molecule has 4 nitrogen and oxygen atoms in total. The minimum absolute atomic E-state index is 0.0546. The third-order valence-electron chi connectivity index (χ3n) is 2.85. The number of amides is 1. The van der Waals surface area contributed by atoms with E-state index in [-0.39, 0.29) is 17.9 Å². The van der Waals surface area contributed by atoms with Gasteiger partial charge in [0.05, 0.1) is 12.1 Å². The Morgan fingerprint density at radius 3 is 2.60 bits per heavy atom. The van der Waals surface area contributed by atoms with Gasteiger partial charge in [-0.25, -0.2) is 0 Å². The molecule has 0 aliphatic carbocycles. The molecular weight excluding hydrogens is 192 g/mol. The van der Waals surface area contributed by atoms with Crippen molar-refractivity contribution in [2.45, 2.75) is 39.2 Å². The highest BCUT2D eigenvalue weighted by atomic mass is 16.3. The SMILES string of the molecule is CC(C)(C)C(=O)N1CCCC(N)(CO)C1. The molecule has 1 saturated heterocycles. The van der Waals surface area contributed by atoms with Gasteiger partial charge in [0.2, 0.25) is 5.91 Å². The van der Waals surface area contributed by atoms with Gasteiger partial charge in [0.15, 0.2) is 0 Å². The zero-order valence-electron chi connectivity index (χ0n) is 9.92. The van der Waals surface area contributed by atoms with Crippen molar-refractivity contribution in [3.8, 4) is 0 Å². The fourth-order valence-corrected chi connectivity index (χ4v) is 1.94. The van der Waals surface area contributed by atoms with Crippen LogP contribution in [0.1, 0.15) is 33.6 Å². The summed E-state index contributed by atoms with van der Waals surface area (Å²) in [5.41, 5.74) is 5.02. The van der Waals surface area contributed by atoms with Crippen LogP contribution < -0.4 is 5.73 Å². The van der Waals surface area contributed by atoms with Gasteiger partial charge in [0, 0.05) is 18.5 Å². The second-order valence-electron chi connectivity index (χ2n) is 5.60. The summed E-state index contributed by atoms with van der Waals surface area (Å²) >= 11 is 0. The molecular formula is C11H22N2O2. The standard InChI is InChI=1S/C11H22N2O2/c1-10(2,3)9(15)13-6-4-5-11(12,7-13)8-14/h14H,4-8,12H2,1-3H3. The van der Waals surface area contributed by atoms with Crippen LogP contribution >= 0.6 is 0 Å². The molecule has 1 rings (SSSR count).